The lowest BCUT2D eigenvalue weighted by Crippen LogP contribution is -2.50. The van der Waals surface area contributed by atoms with Gasteiger partial charge < -0.3 is 31.5 Å². The first kappa shape index (κ1) is 18.9. The molecule has 0 radical (unpaired) electrons. The molecular weight excluding hydrogens is 289 g/mol. The molecule has 4 unspecified atom stereocenters. The van der Waals surface area contributed by atoms with Crippen molar-refractivity contribution in [3.63, 3.8) is 0 Å². The van der Waals surface area contributed by atoms with Gasteiger partial charge in [0, 0.05) is 18.5 Å². The minimum absolute atomic E-state index is 0.00683. The molecule has 1 saturated heterocycles. The van der Waals surface area contributed by atoms with Crippen LogP contribution in [0, 0.1) is 11.8 Å². The number of carboxylic acid groups (broad SMARTS) is 1. The summed E-state index contributed by atoms with van der Waals surface area (Å²) in [5.41, 5.74) is 5.80. The standard InChI is InChI=1S/C13H26BN3O5/c1-7(2)10(15)12(18)17-9-6-16-11(13(19)20)8(9)4-3-5-14(21)22/h7-11,16,21-22H,3-6,15H2,1-2H3,(H,17,18)(H,19,20). The van der Waals surface area contributed by atoms with Crippen molar-refractivity contribution in [2.75, 3.05) is 6.54 Å². The maximum atomic E-state index is 12.1. The van der Waals surface area contributed by atoms with Crippen LogP contribution in [0.25, 0.3) is 0 Å². The molecule has 126 valence electrons. The Kier molecular flexibility index (Phi) is 7.27. The normalized spacial score (nSPS) is 26.0. The van der Waals surface area contributed by atoms with Crippen molar-refractivity contribution >= 4 is 19.0 Å². The van der Waals surface area contributed by atoms with Crippen LogP contribution in [-0.2, 0) is 9.59 Å². The maximum absolute atomic E-state index is 12.1. The number of rotatable bonds is 8. The number of amides is 1. The van der Waals surface area contributed by atoms with Gasteiger partial charge in [0.05, 0.1) is 6.04 Å². The summed E-state index contributed by atoms with van der Waals surface area (Å²) in [4.78, 5) is 23.3. The maximum Gasteiger partial charge on any atom is 0.451 e. The number of aliphatic carboxylic acids is 1. The van der Waals surface area contributed by atoms with Crippen LogP contribution >= 0.6 is 0 Å². The van der Waals surface area contributed by atoms with E-state index in [1.165, 1.54) is 0 Å². The molecule has 0 aromatic heterocycles. The Hall–Kier alpha value is -1.16. The molecule has 1 aliphatic heterocycles. The van der Waals surface area contributed by atoms with E-state index in [4.69, 9.17) is 15.8 Å². The van der Waals surface area contributed by atoms with Gasteiger partial charge in [0.2, 0.25) is 5.91 Å². The number of hydrogen-bond donors (Lipinski definition) is 6. The molecule has 0 bridgehead atoms. The van der Waals surface area contributed by atoms with E-state index in [2.05, 4.69) is 10.6 Å². The van der Waals surface area contributed by atoms with Crippen LogP contribution in [0.1, 0.15) is 26.7 Å². The molecule has 1 fully saturated rings. The van der Waals surface area contributed by atoms with E-state index in [1.54, 1.807) is 0 Å². The molecule has 0 aromatic carbocycles. The minimum Gasteiger partial charge on any atom is -0.480 e. The topological polar surface area (TPSA) is 145 Å². The van der Waals surface area contributed by atoms with Gasteiger partial charge >= 0.3 is 13.1 Å². The van der Waals surface area contributed by atoms with Crippen LogP contribution < -0.4 is 16.4 Å². The molecule has 9 heteroatoms. The van der Waals surface area contributed by atoms with Crippen LogP contribution in [0.4, 0.5) is 0 Å². The summed E-state index contributed by atoms with van der Waals surface area (Å²) < 4.78 is 0. The molecule has 1 rings (SSSR count). The van der Waals surface area contributed by atoms with Gasteiger partial charge in [-0.05, 0) is 18.7 Å². The number of nitrogens with one attached hydrogen (secondary N) is 2. The zero-order valence-corrected chi connectivity index (χ0v) is 13.0. The Morgan fingerprint density at radius 1 is 1.41 bits per heavy atom. The quantitative estimate of drug-likeness (QED) is 0.295. The first-order valence-corrected chi connectivity index (χ1v) is 7.62. The highest BCUT2D eigenvalue weighted by atomic mass is 16.4. The predicted molar refractivity (Wildman–Crippen MR) is 81.9 cm³/mol. The summed E-state index contributed by atoms with van der Waals surface area (Å²) in [5, 5.41) is 32.7. The fraction of sp³-hybridized carbons (Fsp3) is 0.846. The summed E-state index contributed by atoms with van der Waals surface area (Å²) in [6.07, 6.45) is 1.12. The lowest BCUT2D eigenvalue weighted by atomic mass is 9.80. The lowest BCUT2D eigenvalue weighted by Gasteiger charge is -2.25. The Morgan fingerprint density at radius 3 is 2.55 bits per heavy atom. The fourth-order valence-electron chi connectivity index (χ4n) is 2.70. The van der Waals surface area contributed by atoms with Crippen LogP contribution in [0.3, 0.4) is 0 Å². The molecule has 1 heterocycles. The van der Waals surface area contributed by atoms with Crippen molar-refractivity contribution in [1.29, 1.82) is 0 Å². The molecule has 22 heavy (non-hydrogen) atoms. The Morgan fingerprint density at radius 2 is 2.05 bits per heavy atom. The average molecular weight is 315 g/mol. The zero-order chi connectivity index (χ0) is 16.9. The SMILES string of the molecule is CC(C)C(N)C(=O)NC1CNC(C(=O)O)C1CCCB(O)O. The molecular formula is C13H26BN3O5. The predicted octanol–water partition coefficient (Wildman–Crippen LogP) is -1.62. The van der Waals surface area contributed by atoms with Gasteiger partial charge in [-0.2, -0.15) is 0 Å². The third-order valence-electron chi connectivity index (χ3n) is 4.12. The van der Waals surface area contributed by atoms with E-state index in [1.807, 2.05) is 13.8 Å². The van der Waals surface area contributed by atoms with Gasteiger partial charge in [-0.25, -0.2) is 0 Å². The second kappa shape index (κ2) is 8.47. The van der Waals surface area contributed by atoms with Crippen LogP contribution in [0.15, 0.2) is 0 Å². The molecule has 4 atom stereocenters. The average Bonchev–Trinajstić information content (AvgIpc) is 2.80. The summed E-state index contributed by atoms with van der Waals surface area (Å²) in [5.74, 6) is -1.58. The van der Waals surface area contributed by atoms with Crippen molar-refractivity contribution in [1.82, 2.24) is 10.6 Å². The highest BCUT2D eigenvalue weighted by Gasteiger charge is 2.41. The number of carbonyl (C=O) groups is 2. The van der Waals surface area contributed by atoms with Crippen LogP contribution in [0.2, 0.25) is 6.32 Å². The van der Waals surface area contributed by atoms with Crippen molar-refractivity contribution in [2.24, 2.45) is 17.6 Å². The largest absolute Gasteiger partial charge is 0.480 e. The highest BCUT2D eigenvalue weighted by Crippen LogP contribution is 2.23. The number of nitrogens with two attached hydrogens (primary N) is 1. The van der Waals surface area contributed by atoms with E-state index < -0.39 is 25.2 Å². The lowest BCUT2D eigenvalue weighted by molar-refractivity contribution is -0.140. The monoisotopic (exact) mass is 315 g/mol. The van der Waals surface area contributed by atoms with Crippen molar-refractivity contribution in [2.45, 2.75) is 51.1 Å². The summed E-state index contributed by atoms with van der Waals surface area (Å²) in [6.45, 7) is 4.05. The van der Waals surface area contributed by atoms with Gasteiger partial charge in [0.1, 0.15) is 6.04 Å². The smallest absolute Gasteiger partial charge is 0.451 e. The number of carboxylic acids is 1. The number of carbonyl (C=O) groups excluding carboxylic acids is 1. The van der Waals surface area contributed by atoms with Gasteiger partial charge in [-0.1, -0.05) is 20.3 Å². The Balaban J connectivity index is 2.66. The minimum atomic E-state index is -1.40. The second-order valence-corrected chi connectivity index (χ2v) is 6.18. The van der Waals surface area contributed by atoms with E-state index in [-0.39, 0.29) is 30.1 Å². The fourth-order valence-corrected chi connectivity index (χ4v) is 2.70. The van der Waals surface area contributed by atoms with Gasteiger partial charge in [-0.15, -0.1) is 0 Å². The summed E-state index contributed by atoms with van der Waals surface area (Å²) in [7, 11) is -1.40. The van der Waals surface area contributed by atoms with E-state index in [9.17, 15) is 14.7 Å². The third kappa shape index (κ3) is 5.24. The zero-order valence-electron chi connectivity index (χ0n) is 13.0. The van der Waals surface area contributed by atoms with Crippen molar-refractivity contribution in [3.05, 3.63) is 0 Å². The van der Waals surface area contributed by atoms with Crippen LogP contribution in [0.5, 0.6) is 0 Å². The summed E-state index contributed by atoms with van der Waals surface area (Å²) in [6, 6.07) is -1.71. The third-order valence-corrected chi connectivity index (χ3v) is 4.12. The van der Waals surface area contributed by atoms with E-state index >= 15 is 0 Å². The van der Waals surface area contributed by atoms with E-state index in [0.717, 1.165) is 0 Å². The molecule has 0 aromatic rings. The molecule has 8 nitrogen and oxygen atoms in total. The van der Waals surface area contributed by atoms with Crippen molar-refractivity contribution in [3.8, 4) is 0 Å². The summed E-state index contributed by atoms with van der Waals surface area (Å²) >= 11 is 0. The Bertz CT molecular complexity index is 394. The van der Waals surface area contributed by atoms with Crippen LogP contribution in [-0.4, -0.2) is 58.8 Å². The van der Waals surface area contributed by atoms with E-state index in [0.29, 0.717) is 19.4 Å². The Labute approximate surface area is 130 Å². The van der Waals surface area contributed by atoms with Gasteiger partial charge in [0.25, 0.3) is 0 Å². The molecule has 0 saturated carbocycles. The molecule has 0 spiro atoms. The number of hydrogen-bond acceptors (Lipinski definition) is 6. The van der Waals surface area contributed by atoms with Gasteiger partial charge in [0.15, 0.2) is 0 Å². The first-order valence-electron chi connectivity index (χ1n) is 7.62. The highest BCUT2D eigenvalue weighted by molar-refractivity contribution is 6.40. The van der Waals surface area contributed by atoms with Crippen molar-refractivity contribution < 1.29 is 24.7 Å². The molecule has 1 aliphatic rings. The molecule has 0 aliphatic carbocycles. The first-order chi connectivity index (χ1) is 10.2. The van der Waals surface area contributed by atoms with Gasteiger partial charge in [-0.3, -0.25) is 9.59 Å². The molecule has 7 N–H and O–H groups in total. The second-order valence-electron chi connectivity index (χ2n) is 6.18. The molecule has 1 amide bonds.